The maximum atomic E-state index is 12.7. The summed E-state index contributed by atoms with van der Waals surface area (Å²) in [6.45, 7) is 3.43. The van der Waals surface area contributed by atoms with Crippen LogP contribution < -0.4 is 5.32 Å². The van der Waals surface area contributed by atoms with E-state index >= 15 is 0 Å². The van der Waals surface area contributed by atoms with Crippen LogP contribution in [0.4, 0.5) is 0 Å². The Kier molecular flexibility index (Phi) is 2.62. The number of hydrogen-bond acceptors (Lipinski definition) is 3. The smallest absolute Gasteiger partial charge is 0.249 e. The molecule has 100 valence electrons. The van der Waals surface area contributed by atoms with Gasteiger partial charge in [-0.1, -0.05) is 12.8 Å². The van der Waals surface area contributed by atoms with Crippen LogP contribution in [-0.2, 0) is 14.3 Å². The molecule has 5 heteroatoms. The van der Waals surface area contributed by atoms with Crippen molar-refractivity contribution in [1.29, 1.82) is 0 Å². The summed E-state index contributed by atoms with van der Waals surface area (Å²) in [5.41, 5.74) is -0.911. The van der Waals surface area contributed by atoms with Crippen LogP contribution in [0.3, 0.4) is 0 Å². The Morgan fingerprint density at radius 1 is 1.22 bits per heavy atom. The van der Waals surface area contributed by atoms with Crippen molar-refractivity contribution in [2.75, 3.05) is 19.8 Å². The normalized spacial score (nSPS) is 35.3. The number of carbonyl (C=O) groups excluding carboxylic acids is 2. The van der Waals surface area contributed by atoms with E-state index in [1.807, 2.05) is 6.92 Å². The number of rotatable bonds is 1. The minimum Gasteiger partial charge on any atom is -0.379 e. The monoisotopic (exact) mass is 252 g/mol. The van der Waals surface area contributed by atoms with E-state index in [0.29, 0.717) is 13.2 Å². The molecule has 5 nitrogen and oxygen atoms in total. The van der Waals surface area contributed by atoms with E-state index in [1.165, 1.54) is 0 Å². The molecule has 18 heavy (non-hydrogen) atoms. The average Bonchev–Trinajstić information content (AvgIpc) is 2.95. The lowest BCUT2D eigenvalue weighted by Crippen LogP contribution is -2.70. The fraction of sp³-hybridized carbons (Fsp3) is 0.846. The van der Waals surface area contributed by atoms with Crippen LogP contribution in [0.1, 0.15) is 39.0 Å². The third-order valence-electron chi connectivity index (χ3n) is 4.64. The molecule has 0 bridgehead atoms. The molecule has 2 saturated heterocycles. The maximum Gasteiger partial charge on any atom is 0.249 e. The summed E-state index contributed by atoms with van der Waals surface area (Å²) in [5, 5.41) is 2.94. The van der Waals surface area contributed by atoms with Gasteiger partial charge in [-0.2, -0.15) is 0 Å². The lowest BCUT2D eigenvalue weighted by molar-refractivity contribution is -0.156. The highest BCUT2D eigenvalue weighted by Crippen LogP contribution is 2.37. The van der Waals surface area contributed by atoms with Crippen molar-refractivity contribution < 1.29 is 14.3 Å². The van der Waals surface area contributed by atoms with E-state index < -0.39 is 5.54 Å². The summed E-state index contributed by atoms with van der Waals surface area (Å²) in [7, 11) is 0. The summed E-state index contributed by atoms with van der Waals surface area (Å²) in [5.74, 6) is 0.0808. The van der Waals surface area contributed by atoms with E-state index in [4.69, 9.17) is 4.74 Å². The predicted octanol–water partition coefficient (Wildman–Crippen LogP) is 0.437. The van der Waals surface area contributed by atoms with Gasteiger partial charge < -0.3 is 15.0 Å². The van der Waals surface area contributed by atoms with Crippen LogP contribution in [0.25, 0.3) is 0 Å². The van der Waals surface area contributed by atoms with Crippen molar-refractivity contribution in [3.05, 3.63) is 0 Å². The first-order valence-electron chi connectivity index (χ1n) is 6.77. The molecule has 1 N–H and O–H groups in total. The van der Waals surface area contributed by atoms with Crippen LogP contribution >= 0.6 is 0 Å². The van der Waals surface area contributed by atoms with Crippen molar-refractivity contribution in [2.24, 2.45) is 0 Å². The summed E-state index contributed by atoms with van der Waals surface area (Å²) in [4.78, 5) is 26.4. The van der Waals surface area contributed by atoms with Crippen LogP contribution in [0.5, 0.6) is 0 Å². The Hall–Kier alpha value is -1.10. The molecule has 3 rings (SSSR count). The van der Waals surface area contributed by atoms with Crippen molar-refractivity contribution >= 4 is 11.8 Å². The van der Waals surface area contributed by atoms with Crippen molar-refractivity contribution in [3.63, 3.8) is 0 Å². The third-order valence-corrected chi connectivity index (χ3v) is 4.64. The first kappa shape index (κ1) is 12.0. The molecule has 0 aromatic carbocycles. The molecule has 1 spiro atoms. The molecule has 3 aliphatic rings. The van der Waals surface area contributed by atoms with Gasteiger partial charge in [-0.15, -0.1) is 0 Å². The zero-order chi connectivity index (χ0) is 12.8. The van der Waals surface area contributed by atoms with Crippen molar-refractivity contribution in [3.8, 4) is 0 Å². The van der Waals surface area contributed by atoms with Gasteiger partial charge in [-0.05, 0) is 26.2 Å². The maximum absolute atomic E-state index is 12.7. The molecule has 1 unspecified atom stereocenters. The number of carbonyl (C=O) groups is 2. The van der Waals surface area contributed by atoms with Gasteiger partial charge in [0, 0.05) is 6.61 Å². The third kappa shape index (κ3) is 1.64. The Balaban J connectivity index is 1.90. The Morgan fingerprint density at radius 2 is 1.94 bits per heavy atom. The van der Waals surface area contributed by atoms with Gasteiger partial charge in [0.05, 0.1) is 12.1 Å². The van der Waals surface area contributed by atoms with E-state index in [0.717, 1.165) is 32.1 Å². The topological polar surface area (TPSA) is 58.6 Å². The van der Waals surface area contributed by atoms with Gasteiger partial charge in [0.15, 0.2) is 0 Å². The minimum absolute atomic E-state index is 0.0235. The first-order chi connectivity index (χ1) is 8.56. The number of piperazine rings is 1. The fourth-order valence-electron chi connectivity index (χ4n) is 3.46. The van der Waals surface area contributed by atoms with Gasteiger partial charge in [-0.25, -0.2) is 0 Å². The zero-order valence-corrected chi connectivity index (χ0v) is 10.8. The molecule has 1 aliphatic carbocycles. The van der Waals surface area contributed by atoms with Crippen LogP contribution in [0.2, 0.25) is 0 Å². The molecule has 1 saturated carbocycles. The Morgan fingerprint density at radius 3 is 2.56 bits per heavy atom. The van der Waals surface area contributed by atoms with Crippen LogP contribution in [0.15, 0.2) is 0 Å². The SMILES string of the molecule is CC1(N2CC(=O)NC3(CCCC3)C2=O)CCOC1. The average molecular weight is 252 g/mol. The van der Waals surface area contributed by atoms with Crippen LogP contribution in [-0.4, -0.2) is 47.6 Å². The molecular weight excluding hydrogens is 232 g/mol. The number of amides is 2. The quantitative estimate of drug-likeness (QED) is 0.736. The van der Waals surface area contributed by atoms with Crippen molar-refractivity contribution in [1.82, 2.24) is 10.2 Å². The lowest BCUT2D eigenvalue weighted by Gasteiger charge is -2.46. The highest BCUT2D eigenvalue weighted by atomic mass is 16.5. The number of ether oxygens (including phenoxy) is 1. The van der Waals surface area contributed by atoms with E-state index in [2.05, 4.69) is 5.32 Å². The molecular formula is C13H20N2O3. The summed E-state index contributed by atoms with van der Waals surface area (Å²) >= 11 is 0. The van der Waals surface area contributed by atoms with Gasteiger partial charge in [0.25, 0.3) is 0 Å². The first-order valence-corrected chi connectivity index (χ1v) is 6.77. The largest absolute Gasteiger partial charge is 0.379 e. The molecule has 0 aromatic heterocycles. The van der Waals surface area contributed by atoms with Gasteiger partial charge in [0.2, 0.25) is 11.8 Å². The number of nitrogens with zero attached hydrogens (tertiary/aromatic N) is 1. The Bertz CT molecular complexity index is 382. The molecule has 2 aliphatic heterocycles. The highest BCUT2D eigenvalue weighted by Gasteiger charge is 2.53. The van der Waals surface area contributed by atoms with Gasteiger partial charge in [-0.3, -0.25) is 9.59 Å². The van der Waals surface area contributed by atoms with Gasteiger partial charge in [0.1, 0.15) is 12.1 Å². The number of hydrogen-bond donors (Lipinski definition) is 1. The summed E-state index contributed by atoms with van der Waals surface area (Å²) in [6, 6.07) is 0. The van der Waals surface area contributed by atoms with Gasteiger partial charge >= 0.3 is 0 Å². The second kappa shape index (κ2) is 3.95. The minimum atomic E-state index is -0.610. The molecule has 0 aromatic rings. The summed E-state index contributed by atoms with van der Waals surface area (Å²) in [6.07, 6.45) is 4.43. The molecule has 2 heterocycles. The second-order valence-corrected chi connectivity index (χ2v) is 6.03. The predicted molar refractivity (Wildman–Crippen MR) is 64.9 cm³/mol. The highest BCUT2D eigenvalue weighted by molar-refractivity contribution is 5.98. The molecule has 2 amide bonds. The standard InChI is InChI=1S/C13H20N2O3/c1-12(6-7-18-9-12)15-8-10(16)14-13(11(15)17)4-2-3-5-13/h2-9H2,1H3,(H,14,16). The van der Waals surface area contributed by atoms with E-state index in [1.54, 1.807) is 4.90 Å². The Labute approximate surface area is 107 Å². The lowest BCUT2D eigenvalue weighted by atomic mass is 9.88. The molecule has 3 fully saturated rings. The van der Waals surface area contributed by atoms with Crippen molar-refractivity contribution in [2.45, 2.75) is 50.1 Å². The molecule has 1 atom stereocenters. The van der Waals surface area contributed by atoms with Crippen LogP contribution in [0, 0.1) is 0 Å². The zero-order valence-electron chi connectivity index (χ0n) is 10.8. The molecule has 0 radical (unpaired) electrons. The van der Waals surface area contributed by atoms with E-state index in [9.17, 15) is 9.59 Å². The number of nitrogens with one attached hydrogen (secondary N) is 1. The van der Waals surface area contributed by atoms with E-state index in [-0.39, 0.29) is 23.9 Å². The summed E-state index contributed by atoms with van der Waals surface area (Å²) < 4.78 is 5.42. The fourth-order valence-corrected chi connectivity index (χ4v) is 3.46. The second-order valence-electron chi connectivity index (χ2n) is 6.03.